The molecule has 0 radical (unpaired) electrons. The van der Waals surface area contributed by atoms with E-state index < -0.39 is 48.6 Å². The maximum Gasteiger partial charge on any atom is 0.306 e. The highest BCUT2D eigenvalue weighted by Crippen LogP contribution is 2.31. The fourth-order valence-corrected chi connectivity index (χ4v) is 3.58. The van der Waals surface area contributed by atoms with Crippen molar-refractivity contribution in [1.82, 2.24) is 10.8 Å². The van der Waals surface area contributed by atoms with E-state index in [0.29, 0.717) is 25.7 Å². The minimum absolute atomic E-state index is 0.114. The molecule has 2 fully saturated rings. The quantitative estimate of drug-likeness (QED) is 0.207. The van der Waals surface area contributed by atoms with E-state index >= 15 is 0 Å². The van der Waals surface area contributed by atoms with E-state index in [1.165, 1.54) is 0 Å². The van der Waals surface area contributed by atoms with E-state index in [1.54, 1.807) is 13.8 Å². The van der Waals surface area contributed by atoms with E-state index in [-0.39, 0.29) is 36.8 Å². The van der Waals surface area contributed by atoms with Crippen LogP contribution in [0, 0.1) is 0 Å². The van der Waals surface area contributed by atoms with Crippen LogP contribution >= 0.6 is 0 Å². The largest absolute Gasteiger partial charge is 0.457 e. The molecule has 0 aromatic heterocycles. The molecule has 6 atom stereocenters. The average Bonchev–Trinajstić information content (AvgIpc) is 3.24. The zero-order chi connectivity index (χ0) is 23.7. The van der Waals surface area contributed by atoms with Gasteiger partial charge in [0, 0.05) is 12.8 Å². The zero-order valence-corrected chi connectivity index (χ0v) is 18.1. The summed E-state index contributed by atoms with van der Waals surface area (Å²) in [5.41, 5.74) is 0. The normalized spacial score (nSPS) is 26.9. The Morgan fingerprint density at radius 2 is 1.19 bits per heavy atom. The van der Waals surface area contributed by atoms with Crippen LogP contribution in [0.2, 0.25) is 0 Å². The van der Waals surface area contributed by atoms with Crippen LogP contribution in [0.1, 0.15) is 52.4 Å². The molecule has 186 valence electrons. The van der Waals surface area contributed by atoms with Crippen molar-refractivity contribution in [3.63, 3.8) is 0 Å². The number of nitrogens with zero attached hydrogens (tertiary/aromatic N) is 2. The second-order valence-corrected chi connectivity index (χ2v) is 7.77. The fraction of sp³-hybridized carbons (Fsp3) is 0.889. The van der Waals surface area contributed by atoms with Crippen molar-refractivity contribution in [1.29, 1.82) is 0 Å². The van der Waals surface area contributed by atoms with Gasteiger partial charge in [-0.1, -0.05) is 0 Å². The Kier molecular flexibility index (Phi) is 11.1. The van der Waals surface area contributed by atoms with E-state index in [1.807, 2.05) is 0 Å². The Bertz CT molecular complexity index is 542. The van der Waals surface area contributed by atoms with Crippen LogP contribution in [0.25, 0.3) is 0 Å². The van der Waals surface area contributed by atoms with Gasteiger partial charge in [0.1, 0.15) is 12.2 Å². The number of esters is 2. The molecular weight excluding hydrogens is 436 g/mol. The van der Waals surface area contributed by atoms with Gasteiger partial charge in [0.25, 0.3) is 0 Å². The fourth-order valence-electron chi connectivity index (χ4n) is 3.58. The van der Waals surface area contributed by atoms with Crippen molar-refractivity contribution in [2.24, 2.45) is 0 Å². The van der Waals surface area contributed by atoms with Gasteiger partial charge in [-0.25, -0.2) is 9.68 Å². The van der Waals surface area contributed by atoms with Crippen molar-refractivity contribution in [3.8, 4) is 0 Å². The van der Waals surface area contributed by atoms with Crippen LogP contribution in [0.5, 0.6) is 0 Å². The van der Waals surface area contributed by atoms with E-state index in [0.717, 1.165) is 0 Å². The van der Waals surface area contributed by atoms with Gasteiger partial charge in [0.15, 0.2) is 12.2 Å². The van der Waals surface area contributed by atoms with E-state index in [4.69, 9.17) is 39.8 Å². The summed E-state index contributed by atoms with van der Waals surface area (Å²) < 4.78 is 22.1. The third-order valence-electron chi connectivity index (χ3n) is 5.06. The SMILES string of the molecule is CC(CCCC(=O)O[C@@H]1CO[C@H]2C1OC[C@H]2OC(=O)CCCC(C)ON(O)O)ON(O)O. The molecule has 0 bridgehead atoms. The van der Waals surface area contributed by atoms with Gasteiger partial charge in [-0.3, -0.25) is 30.4 Å². The number of hydrogen-bond acceptors (Lipinski definition) is 14. The molecule has 0 amide bonds. The van der Waals surface area contributed by atoms with Crippen LogP contribution in [0.3, 0.4) is 0 Å². The maximum absolute atomic E-state index is 12.1. The Hall–Kier alpha value is -1.46. The summed E-state index contributed by atoms with van der Waals surface area (Å²) >= 11 is 0. The topological polar surface area (TPSA) is 177 Å². The molecular formula is C18H32N2O12. The first-order valence-corrected chi connectivity index (χ1v) is 10.5. The molecule has 0 aromatic rings. The van der Waals surface area contributed by atoms with Gasteiger partial charge in [-0.15, -0.1) is 0 Å². The minimum Gasteiger partial charge on any atom is -0.457 e. The predicted octanol–water partition coefficient (Wildman–Crippen LogP) is 0.749. The summed E-state index contributed by atoms with van der Waals surface area (Å²) in [6.45, 7) is 3.51. The number of ether oxygens (including phenoxy) is 4. The molecule has 3 unspecified atom stereocenters. The van der Waals surface area contributed by atoms with Gasteiger partial charge >= 0.3 is 11.9 Å². The minimum atomic E-state index is -0.604. The number of carbonyl (C=O) groups excluding carboxylic acids is 2. The first-order valence-electron chi connectivity index (χ1n) is 10.5. The molecule has 32 heavy (non-hydrogen) atoms. The second-order valence-electron chi connectivity index (χ2n) is 7.77. The smallest absolute Gasteiger partial charge is 0.306 e. The lowest BCUT2D eigenvalue weighted by Gasteiger charge is -2.18. The summed E-state index contributed by atoms with van der Waals surface area (Å²) in [5, 5.41) is 33.5. The highest BCUT2D eigenvalue weighted by atomic mass is 17.1. The van der Waals surface area contributed by atoms with Gasteiger partial charge in [0.05, 0.1) is 36.2 Å². The third kappa shape index (κ3) is 9.19. The highest BCUT2D eigenvalue weighted by molar-refractivity contribution is 5.70. The molecule has 2 rings (SSSR count). The number of fused-ring (bicyclic) bond motifs is 1. The Labute approximate surface area is 184 Å². The van der Waals surface area contributed by atoms with E-state index in [2.05, 4.69) is 9.68 Å². The number of rotatable bonds is 14. The van der Waals surface area contributed by atoms with Crippen molar-refractivity contribution < 1.29 is 59.0 Å². The van der Waals surface area contributed by atoms with Crippen LogP contribution in [0.15, 0.2) is 0 Å². The molecule has 0 aliphatic carbocycles. The zero-order valence-electron chi connectivity index (χ0n) is 18.1. The Morgan fingerprint density at radius 3 is 1.53 bits per heavy atom. The molecule has 2 saturated heterocycles. The van der Waals surface area contributed by atoms with Gasteiger partial charge in [-0.2, -0.15) is 0 Å². The van der Waals surface area contributed by atoms with Gasteiger partial charge in [-0.05, 0) is 39.5 Å². The molecule has 2 heterocycles. The first kappa shape index (κ1) is 26.8. The van der Waals surface area contributed by atoms with Crippen molar-refractivity contribution in [2.75, 3.05) is 13.2 Å². The van der Waals surface area contributed by atoms with Crippen molar-refractivity contribution in [3.05, 3.63) is 0 Å². The molecule has 14 heteroatoms. The Morgan fingerprint density at radius 1 is 0.812 bits per heavy atom. The molecule has 14 nitrogen and oxygen atoms in total. The number of hydrogen-bond donors (Lipinski definition) is 4. The van der Waals surface area contributed by atoms with Crippen LogP contribution < -0.4 is 0 Å². The van der Waals surface area contributed by atoms with E-state index in [9.17, 15) is 9.59 Å². The lowest BCUT2D eigenvalue weighted by Crippen LogP contribution is -2.36. The second kappa shape index (κ2) is 13.3. The predicted molar refractivity (Wildman–Crippen MR) is 98.9 cm³/mol. The molecule has 0 aromatic carbocycles. The van der Waals surface area contributed by atoms with Crippen molar-refractivity contribution >= 4 is 11.9 Å². The molecule has 2 aliphatic heterocycles. The summed E-state index contributed by atoms with van der Waals surface area (Å²) in [5.74, 6) is -0.887. The number of carbonyl (C=O) groups is 2. The molecule has 2 aliphatic rings. The van der Waals surface area contributed by atoms with Crippen LogP contribution in [0.4, 0.5) is 0 Å². The van der Waals surface area contributed by atoms with Crippen molar-refractivity contribution in [2.45, 2.75) is 89.0 Å². The van der Waals surface area contributed by atoms with Crippen LogP contribution in [-0.2, 0) is 38.2 Å². The van der Waals surface area contributed by atoms with Gasteiger partial charge in [0.2, 0.25) is 0 Å². The highest BCUT2D eigenvalue weighted by Gasteiger charge is 2.51. The summed E-state index contributed by atoms with van der Waals surface area (Å²) in [7, 11) is 0. The molecule has 0 saturated carbocycles. The monoisotopic (exact) mass is 468 g/mol. The summed E-state index contributed by atoms with van der Waals surface area (Å²) in [6, 6.07) is 0. The first-order chi connectivity index (χ1) is 15.2. The summed E-state index contributed by atoms with van der Waals surface area (Å²) in [6.07, 6.45) is -1.32. The Balaban J connectivity index is 1.65. The lowest BCUT2D eigenvalue weighted by atomic mass is 10.1. The third-order valence-corrected chi connectivity index (χ3v) is 5.06. The summed E-state index contributed by atoms with van der Waals surface area (Å²) in [4.78, 5) is 33.4. The molecule has 4 N–H and O–H groups in total. The standard InChI is InChI=1S/C18H32N2O12/c1-11(31-19(23)24)5-3-7-15(21)29-13-9-27-18-14(10-28-17(13)18)30-16(22)8-4-6-12(2)32-20(25)26/h11-14,17-18,23-26H,3-10H2,1-2H3/t11?,12?,13-,14-,17-,18?/m1/s1. The van der Waals surface area contributed by atoms with Crippen LogP contribution in [-0.4, -0.2) is 93.4 Å². The average molecular weight is 468 g/mol. The van der Waals surface area contributed by atoms with Gasteiger partial charge < -0.3 is 18.9 Å². The maximum atomic E-state index is 12.1. The molecule has 0 spiro atoms. The lowest BCUT2D eigenvalue weighted by molar-refractivity contribution is -0.504.